The number of aliphatic carboxylic acids is 1. The second-order valence-electron chi connectivity index (χ2n) is 5.45. The number of carbonyl (C=O) groups is 1. The first-order valence-corrected chi connectivity index (χ1v) is 6.67. The zero-order chi connectivity index (χ0) is 12.3. The third kappa shape index (κ3) is 3.19. The van der Waals surface area contributed by atoms with Gasteiger partial charge in [-0.25, -0.2) is 0 Å². The second-order valence-corrected chi connectivity index (χ2v) is 5.45. The van der Waals surface area contributed by atoms with Crippen LogP contribution >= 0.6 is 0 Å². The Morgan fingerprint density at radius 1 is 1.18 bits per heavy atom. The maximum Gasteiger partial charge on any atom is 0.307 e. The molecule has 2 heterocycles. The molecule has 4 heteroatoms. The van der Waals surface area contributed by atoms with Crippen LogP contribution in [0.4, 0.5) is 0 Å². The highest BCUT2D eigenvalue weighted by Crippen LogP contribution is 2.35. The third-order valence-electron chi connectivity index (χ3n) is 4.33. The molecule has 0 bridgehead atoms. The Balaban J connectivity index is 1.98. The maximum atomic E-state index is 11.5. The molecule has 1 unspecified atom stereocenters. The van der Waals surface area contributed by atoms with Crippen molar-refractivity contribution in [2.75, 3.05) is 33.4 Å². The summed E-state index contributed by atoms with van der Waals surface area (Å²) in [5.74, 6) is -0.0412. The summed E-state index contributed by atoms with van der Waals surface area (Å²) in [6.07, 6.45) is 3.91. The van der Waals surface area contributed by atoms with E-state index in [4.69, 9.17) is 4.74 Å². The highest BCUT2D eigenvalue weighted by Gasteiger charge is 2.37. The molecule has 0 aromatic carbocycles. The lowest BCUT2D eigenvalue weighted by Crippen LogP contribution is -2.40. The number of carboxylic acid groups (broad SMARTS) is 1. The molecule has 0 amide bonds. The summed E-state index contributed by atoms with van der Waals surface area (Å²) in [5, 5.41) is 9.49. The van der Waals surface area contributed by atoms with E-state index in [2.05, 4.69) is 11.9 Å². The van der Waals surface area contributed by atoms with Gasteiger partial charge in [0.15, 0.2) is 0 Å². The molecule has 17 heavy (non-hydrogen) atoms. The van der Waals surface area contributed by atoms with Gasteiger partial charge in [-0.05, 0) is 57.7 Å². The number of hydrogen-bond donors (Lipinski definition) is 1. The number of likely N-dealkylation sites (tertiary alicyclic amines) is 1. The Morgan fingerprint density at radius 3 is 2.24 bits per heavy atom. The fourth-order valence-corrected chi connectivity index (χ4v) is 3.25. The Morgan fingerprint density at radius 2 is 1.71 bits per heavy atom. The minimum Gasteiger partial charge on any atom is -0.481 e. The SMILES string of the molecule is CN1CCC(C(C(=O)O)C2CCOCC2)CC1. The van der Waals surface area contributed by atoms with Crippen LogP contribution in [0.15, 0.2) is 0 Å². The number of nitrogens with zero attached hydrogens (tertiary/aromatic N) is 1. The monoisotopic (exact) mass is 241 g/mol. The van der Waals surface area contributed by atoms with Crippen molar-refractivity contribution in [3.8, 4) is 0 Å². The molecule has 2 aliphatic heterocycles. The summed E-state index contributed by atoms with van der Waals surface area (Å²) in [6.45, 7) is 3.55. The molecule has 4 nitrogen and oxygen atoms in total. The normalized spacial score (nSPS) is 26.9. The average molecular weight is 241 g/mol. The molecule has 1 atom stereocenters. The molecule has 98 valence electrons. The van der Waals surface area contributed by atoms with Crippen LogP contribution in [0.25, 0.3) is 0 Å². The summed E-state index contributed by atoms with van der Waals surface area (Å²) >= 11 is 0. The van der Waals surface area contributed by atoms with Crippen LogP contribution < -0.4 is 0 Å². The number of hydrogen-bond acceptors (Lipinski definition) is 3. The van der Waals surface area contributed by atoms with Crippen molar-refractivity contribution in [1.29, 1.82) is 0 Å². The van der Waals surface area contributed by atoms with E-state index in [0.717, 1.165) is 52.0 Å². The van der Waals surface area contributed by atoms with Gasteiger partial charge < -0.3 is 14.7 Å². The molecule has 2 rings (SSSR count). The third-order valence-corrected chi connectivity index (χ3v) is 4.33. The van der Waals surface area contributed by atoms with Crippen molar-refractivity contribution in [3.05, 3.63) is 0 Å². The Labute approximate surface area is 103 Å². The number of carboxylic acids is 1. The van der Waals surface area contributed by atoms with Crippen molar-refractivity contribution in [2.24, 2.45) is 17.8 Å². The smallest absolute Gasteiger partial charge is 0.307 e. The van der Waals surface area contributed by atoms with Gasteiger partial charge in [0, 0.05) is 13.2 Å². The molecule has 2 saturated heterocycles. The van der Waals surface area contributed by atoms with Crippen LogP contribution in [-0.4, -0.2) is 49.3 Å². The van der Waals surface area contributed by atoms with Gasteiger partial charge in [0.25, 0.3) is 0 Å². The first-order chi connectivity index (χ1) is 8.18. The zero-order valence-electron chi connectivity index (χ0n) is 10.6. The molecule has 2 fully saturated rings. The molecule has 0 aliphatic carbocycles. The fourth-order valence-electron chi connectivity index (χ4n) is 3.25. The lowest BCUT2D eigenvalue weighted by Gasteiger charge is -2.37. The Kier molecular flexibility index (Phi) is 4.40. The molecule has 0 saturated carbocycles. The topological polar surface area (TPSA) is 49.8 Å². The van der Waals surface area contributed by atoms with Gasteiger partial charge in [-0.1, -0.05) is 0 Å². The Bertz CT molecular complexity index is 255. The molecular weight excluding hydrogens is 218 g/mol. The quantitative estimate of drug-likeness (QED) is 0.812. The predicted molar refractivity (Wildman–Crippen MR) is 64.9 cm³/mol. The van der Waals surface area contributed by atoms with Gasteiger partial charge in [0.1, 0.15) is 0 Å². The van der Waals surface area contributed by atoms with E-state index in [9.17, 15) is 9.90 Å². The molecule has 0 radical (unpaired) electrons. The van der Waals surface area contributed by atoms with Crippen LogP contribution in [0.1, 0.15) is 25.7 Å². The predicted octanol–water partition coefficient (Wildman–Crippen LogP) is 1.46. The van der Waals surface area contributed by atoms with Gasteiger partial charge in [-0.3, -0.25) is 4.79 Å². The van der Waals surface area contributed by atoms with E-state index in [1.807, 2.05) is 0 Å². The molecule has 0 aromatic heterocycles. The van der Waals surface area contributed by atoms with Gasteiger partial charge in [-0.15, -0.1) is 0 Å². The van der Waals surface area contributed by atoms with Crippen LogP contribution in [0.3, 0.4) is 0 Å². The number of piperidine rings is 1. The van der Waals surface area contributed by atoms with E-state index in [-0.39, 0.29) is 5.92 Å². The van der Waals surface area contributed by atoms with E-state index >= 15 is 0 Å². The molecular formula is C13H23NO3. The highest BCUT2D eigenvalue weighted by atomic mass is 16.5. The van der Waals surface area contributed by atoms with Crippen LogP contribution in [0.5, 0.6) is 0 Å². The molecule has 0 aromatic rings. The Hall–Kier alpha value is -0.610. The van der Waals surface area contributed by atoms with E-state index in [1.54, 1.807) is 0 Å². The molecule has 2 aliphatic rings. The second kappa shape index (κ2) is 5.83. The fraction of sp³-hybridized carbons (Fsp3) is 0.923. The lowest BCUT2D eigenvalue weighted by molar-refractivity contribution is -0.148. The van der Waals surface area contributed by atoms with Gasteiger partial charge >= 0.3 is 5.97 Å². The van der Waals surface area contributed by atoms with E-state index in [0.29, 0.717) is 11.8 Å². The standard InChI is InChI=1S/C13H23NO3/c1-14-6-2-10(3-7-14)12(13(15)16)11-4-8-17-9-5-11/h10-12H,2-9H2,1H3,(H,15,16). The summed E-state index contributed by atoms with van der Waals surface area (Å²) in [5.41, 5.74) is 0. The van der Waals surface area contributed by atoms with Crippen LogP contribution in [-0.2, 0) is 9.53 Å². The average Bonchev–Trinajstić information content (AvgIpc) is 2.33. The molecule has 1 N–H and O–H groups in total. The summed E-state index contributed by atoms with van der Waals surface area (Å²) in [6, 6.07) is 0. The summed E-state index contributed by atoms with van der Waals surface area (Å²) in [4.78, 5) is 13.8. The van der Waals surface area contributed by atoms with Crippen molar-refractivity contribution < 1.29 is 14.6 Å². The number of ether oxygens (including phenoxy) is 1. The van der Waals surface area contributed by atoms with Crippen molar-refractivity contribution in [3.63, 3.8) is 0 Å². The zero-order valence-corrected chi connectivity index (χ0v) is 10.6. The van der Waals surface area contributed by atoms with E-state index in [1.165, 1.54) is 0 Å². The first-order valence-electron chi connectivity index (χ1n) is 6.67. The number of rotatable bonds is 3. The van der Waals surface area contributed by atoms with Gasteiger partial charge in [-0.2, -0.15) is 0 Å². The van der Waals surface area contributed by atoms with E-state index < -0.39 is 5.97 Å². The highest BCUT2D eigenvalue weighted by molar-refractivity contribution is 5.70. The summed E-state index contributed by atoms with van der Waals surface area (Å²) in [7, 11) is 2.11. The van der Waals surface area contributed by atoms with Crippen molar-refractivity contribution in [1.82, 2.24) is 4.90 Å². The molecule has 0 spiro atoms. The summed E-state index contributed by atoms with van der Waals surface area (Å²) < 4.78 is 5.33. The first kappa shape index (κ1) is 12.8. The lowest BCUT2D eigenvalue weighted by atomic mass is 9.74. The van der Waals surface area contributed by atoms with Crippen molar-refractivity contribution in [2.45, 2.75) is 25.7 Å². The minimum atomic E-state index is -0.591. The largest absolute Gasteiger partial charge is 0.481 e. The van der Waals surface area contributed by atoms with Gasteiger partial charge in [0.2, 0.25) is 0 Å². The van der Waals surface area contributed by atoms with Crippen molar-refractivity contribution >= 4 is 5.97 Å². The van der Waals surface area contributed by atoms with Crippen LogP contribution in [0, 0.1) is 17.8 Å². The van der Waals surface area contributed by atoms with Crippen LogP contribution in [0.2, 0.25) is 0 Å². The minimum absolute atomic E-state index is 0.146. The van der Waals surface area contributed by atoms with Gasteiger partial charge in [0.05, 0.1) is 5.92 Å². The maximum absolute atomic E-state index is 11.5.